The molecule has 8 atom stereocenters. The molecular formula is C47H87Cl2N3O3. The SMILES string of the molecule is CC(C)CCC[C@@H](C)[C@H]1CC[C@H]2[C@@H]3CC=C4C[C@@H](OC(=O)CCCC(=O)N(CCCCCCCC(C)(C)N)CCC(C)(C)N)CC[C@]4(C)[C@H]3CC[C@]12C.Cl.Cl. The Kier molecular flexibility index (Phi) is 20.1. The van der Waals surface area contributed by atoms with Crippen molar-refractivity contribution in [3.8, 4) is 0 Å². The number of nitrogens with two attached hydrogens (primary N) is 2. The van der Waals surface area contributed by atoms with Gasteiger partial charge in [-0.15, -0.1) is 24.8 Å². The maximum atomic E-state index is 13.3. The first-order valence-electron chi connectivity index (χ1n) is 22.6. The minimum Gasteiger partial charge on any atom is -0.462 e. The first-order chi connectivity index (χ1) is 24.8. The molecule has 4 rings (SSSR count). The molecule has 322 valence electrons. The number of carbonyl (C=O) groups excluding carboxylic acids is 2. The van der Waals surface area contributed by atoms with Crippen LogP contribution in [0.3, 0.4) is 0 Å². The molecule has 0 aliphatic heterocycles. The molecule has 1 amide bonds. The molecule has 0 bridgehead atoms. The highest BCUT2D eigenvalue weighted by Gasteiger charge is 2.59. The fraction of sp³-hybridized carbons (Fsp3) is 0.915. The first kappa shape index (κ1) is 50.3. The van der Waals surface area contributed by atoms with Gasteiger partial charge in [-0.25, -0.2) is 0 Å². The van der Waals surface area contributed by atoms with Gasteiger partial charge in [0.15, 0.2) is 0 Å². The molecule has 4 N–H and O–H groups in total. The molecule has 0 saturated heterocycles. The Morgan fingerprint density at radius 3 is 2.15 bits per heavy atom. The fourth-order valence-corrected chi connectivity index (χ4v) is 11.7. The fourth-order valence-electron chi connectivity index (χ4n) is 11.7. The Morgan fingerprint density at radius 2 is 1.47 bits per heavy atom. The molecule has 4 aliphatic carbocycles. The zero-order chi connectivity index (χ0) is 39.0. The molecule has 4 aliphatic rings. The van der Waals surface area contributed by atoms with E-state index in [0.717, 1.165) is 93.4 Å². The number of halogens is 2. The standard InChI is InChI=1S/C47H85N3O3.2ClH/c1-34(2)17-15-18-35(3)39-23-24-40-38-22-21-36-33-37(25-28-46(36,8)41(38)26-29-47(39,40)9)53-43(52)20-16-19-42(51)50(32-30-45(6,7)49)31-14-12-10-11-13-27-44(4,5)48;;/h21,34-35,37-41H,10-20,22-33,48-49H2,1-9H3;2*1H/t35-,37+,38+,39-,40+,41+,46+,47-;;/m1../s1. The topological polar surface area (TPSA) is 98.7 Å². The number of hydrogen-bond donors (Lipinski definition) is 2. The second kappa shape index (κ2) is 22.0. The van der Waals surface area contributed by atoms with Crippen LogP contribution < -0.4 is 11.5 Å². The normalized spacial score (nSPS) is 29.5. The third-order valence-electron chi connectivity index (χ3n) is 15.0. The lowest BCUT2D eigenvalue weighted by Crippen LogP contribution is -2.51. The molecule has 55 heavy (non-hydrogen) atoms. The van der Waals surface area contributed by atoms with Crippen molar-refractivity contribution < 1.29 is 14.3 Å². The number of unbranched alkanes of at least 4 members (excludes halogenated alkanes) is 4. The van der Waals surface area contributed by atoms with Gasteiger partial charge in [0, 0.05) is 43.4 Å². The summed E-state index contributed by atoms with van der Waals surface area (Å²) in [6.45, 7) is 22.2. The first-order valence-corrected chi connectivity index (χ1v) is 22.6. The highest BCUT2D eigenvalue weighted by atomic mass is 35.5. The summed E-state index contributed by atoms with van der Waals surface area (Å²) in [6.07, 6.45) is 25.3. The van der Waals surface area contributed by atoms with Gasteiger partial charge in [-0.2, -0.15) is 0 Å². The van der Waals surface area contributed by atoms with Crippen molar-refractivity contribution in [2.24, 2.45) is 57.8 Å². The van der Waals surface area contributed by atoms with E-state index < -0.39 is 0 Å². The van der Waals surface area contributed by atoms with Crippen molar-refractivity contribution in [1.82, 2.24) is 4.90 Å². The van der Waals surface area contributed by atoms with Crippen LogP contribution in [0.25, 0.3) is 0 Å². The maximum Gasteiger partial charge on any atom is 0.306 e. The molecule has 0 aromatic carbocycles. The zero-order valence-electron chi connectivity index (χ0n) is 37.0. The number of ether oxygens (including phenoxy) is 1. The number of amides is 1. The monoisotopic (exact) mass is 812 g/mol. The van der Waals surface area contributed by atoms with E-state index in [4.69, 9.17) is 16.2 Å². The summed E-state index contributed by atoms with van der Waals surface area (Å²) in [5, 5.41) is 0. The van der Waals surface area contributed by atoms with E-state index in [1.54, 1.807) is 5.57 Å². The van der Waals surface area contributed by atoms with Gasteiger partial charge in [0.05, 0.1) is 0 Å². The lowest BCUT2D eigenvalue weighted by Gasteiger charge is -2.58. The molecule has 0 heterocycles. The summed E-state index contributed by atoms with van der Waals surface area (Å²) in [7, 11) is 0. The van der Waals surface area contributed by atoms with E-state index >= 15 is 0 Å². The number of rotatable bonds is 21. The lowest BCUT2D eigenvalue weighted by molar-refractivity contribution is -0.151. The molecule has 0 unspecified atom stereocenters. The predicted octanol–water partition coefficient (Wildman–Crippen LogP) is 12.0. The summed E-state index contributed by atoms with van der Waals surface area (Å²) < 4.78 is 6.13. The second-order valence-corrected chi connectivity index (χ2v) is 21.1. The number of hydrogen-bond acceptors (Lipinski definition) is 5. The van der Waals surface area contributed by atoms with Gasteiger partial charge in [-0.05, 0) is 145 Å². The summed E-state index contributed by atoms with van der Waals surface area (Å²) in [4.78, 5) is 28.4. The van der Waals surface area contributed by atoms with E-state index in [1.165, 1.54) is 64.2 Å². The summed E-state index contributed by atoms with van der Waals surface area (Å²) >= 11 is 0. The second-order valence-electron chi connectivity index (χ2n) is 21.1. The van der Waals surface area contributed by atoms with Gasteiger partial charge in [0.25, 0.3) is 0 Å². The number of carbonyl (C=O) groups is 2. The summed E-state index contributed by atoms with van der Waals surface area (Å²) in [5.41, 5.74) is 14.3. The smallest absolute Gasteiger partial charge is 0.306 e. The summed E-state index contributed by atoms with van der Waals surface area (Å²) in [6, 6.07) is 0. The van der Waals surface area contributed by atoms with Crippen LogP contribution in [0.15, 0.2) is 11.6 Å². The van der Waals surface area contributed by atoms with Crippen LogP contribution in [0, 0.1) is 46.3 Å². The van der Waals surface area contributed by atoms with E-state index in [2.05, 4.69) is 54.5 Å². The van der Waals surface area contributed by atoms with Crippen molar-refractivity contribution in [1.29, 1.82) is 0 Å². The van der Waals surface area contributed by atoms with Gasteiger partial charge in [0.1, 0.15) is 6.10 Å². The van der Waals surface area contributed by atoms with E-state index in [9.17, 15) is 9.59 Å². The van der Waals surface area contributed by atoms with Gasteiger partial charge in [0.2, 0.25) is 5.91 Å². The van der Waals surface area contributed by atoms with Crippen molar-refractivity contribution in [3.63, 3.8) is 0 Å². The Balaban J connectivity index is 0.00000523. The quantitative estimate of drug-likeness (QED) is 0.0683. The number of allylic oxidation sites excluding steroid dienone is 1. The average molecular weight is 813 g/mol. The molecule has 3 saturated carbocycles. The molecule has 0 aromatic rings. The Bertz CT molecular complexity index is 1210. The molecule has 0 spiro atoms. The van der Waals surface area contributed by atoms with Crippen LogP contribution in [0.5, 0.6) is 0 Å². The highest BCUT2D eigenvalue weighted by Crippen LogP contribution is 2.67. The highest BCUT2D eigenvalue weighted by molar-refractivity contribution is 5.85. The molecular weight excluding hydrogens is 725 g/mol. The van der Waals surface area contributed by atoms with Crippen LogP contribution >= 0.6 is 24.8 Å². The lowest BCUT2D eigenvalue weighted by atomic mass is 9.47. The predicted molar refractivity (Wildman–Crippen MR) is 237 cm³/mol. The van der Waals surface area contributed by atoms with Crippen LogP contribution in [0.1, 0.15) is 197 Å². The molecule has 3 fully saturated rings. The van der Waals surface area contributed by atoms with Gasteiger partial charge >= 0.3 is 5.97 Å². The van der Waals surface area contributed by atoms with Crippen molar-refractivity contribution >= 4 is 36.7 Å². The Hall–Kier alpha value is -0.820. The molecule has 0 radical (unpaired) electrons. The molecule has 8 heteroatoms. The largest absolute Gasteiger partial charge is 0.462 e. The van der Waals surface area contributed by atoms with E-state index in [0.29, 0.717) is 31.2 Å². The summed E-state index contributed by atoms with van der Waals surface area (Å²) in [5.74, 6) is 5.00. The van der Waals surface area contributed by atoms with Gasteiger partial charge in [-0.1, -0.05) is 91.2 Å². The van der Waals surface area contributed by atoms with Gasteiger partial charge in [-0.3, -0.25) is 9.59 Å². The van der Waals surface area contributed by atoms with Crippen LogP contribution in [-0.2, 0) is 14.3 Å². The maximum absolute atomic E-state index is 13.3. The Labute approximate surface area is 351 Å². The van der Waals surface area contributed by atoms with E-state index in [1.807, 2.05) is 18.7 Å². The van der Waals surface area contributed by atoms with E-state index in [-0.39, 0.29) is 59.3 Å². The molecule has 6 nitrogen and oxygen atoms in total. The Morgan fingerprint density at radius 1 is 0.800 bits per heavy atom. The van der Waals surface area contributed by atoms with Crippen molar-refractivity contribution in [3.05, 3.63) is 11.6 Å². The van der Waals surface area contributed by atoms with Crippen molar-refractivity contribution in [2.45, 2.75) is 214 Å². The number of esters is 1. The average Bonchev–Trinajstić information content (AvgIpc) is 3.42. The van der Waals surface area contributed by atoms with Gasteiger partial charge < -0.3 is 21.1 Å². The minimum atomic E-state index is -0.315. The number of nitrogens with zero attached hydrogens (tertiary/aromatic N) is 1. The van der Waals surface area contributed by atoms with Crippen LogP contribution in [0.4, 0.5) is 0 Å². The molecule has 0 aromatic heterocycles. The third-order valence-corrected chi connectivity index (χ3v) is 15.0. The minimum absolute atomic E-state index is 0. The van der Waals surface area contributed by atoms with Crippen LogP contribution in [0.2, 0.25) is 0 Å². The zero-order valence-corrected chi connectivity index (χ0v) is 38.7. The van der Waals surface area contributed by atoms with Crippen LogP contribution in [-0.4, -0.2) is 47.0 Å². The third kappa shape index (κ3) is 14.5. The number of fused-ring (bicyclic) bond motifs is 5. The van der Waals surface area contributed by atoms with Crippen molar-refractivity contribution in [2.75, 3.05) is 13.1 Å².